The van der Waals surface area contributed by atoms with Crippen molar-refractivity contribution in [2.24, 2.45) is 0 Å². The maximum atomic E-state index is 12.6. The predicted molar refractivity (Wildman–Crippen MR) is 90.5 cm³/mol. The quantitative estimate of drug-likeness (QED) is 0.275. The highest BCUT2D eigenvalue weighted by Crippen LogP contribution is 2.19. The minimum atomic E-state index is -3.91. The highest BCUT2D eigenvalue weighted by atomic mass is 32.2. The molecule has 0 fully saturated rings. The first-order valence-corrected chi connectivity index (χ1v) is 8.34. The van der Waals surface area contributed by atoms with Crippen LogP contribution in [0.1, 0.15) is 5.56 Å². The Hall–Kier alpha value is -3.11. The molecule has 2 rings (SSSR count). The summed E-state index contributed by atoms with van der Waals surface area (Å²) in [4.78, 5) is 10.0. The maximum absolute atomic E-state index is 12.6. The largest absolute Gasteiger partial charge is 0.271 e. The molecule has 0 aliphatic carbocycles. The van der Waals surface area contributed by atoms with Crippen LogP contribution in [0.3, 0.4) is 0 Å². The van der Waals surface area contributed by atoms with E-state index in [4.69, 9.17) is 0 Å². The van der Waals surface area contributed by atoms with Gasteiger partial charge in [-0.1, -0.05) is 24.3 Å². The molecule has 2 aromatic carbocycles. The molecule has 6 nitrogen and oxygen atoms in total. The topological polar surface area (TPSA) is 80.5 Å². The number of rotatable bonds is 5. The average Bonchev–Trinajstić information content (AvgIpc) is 2.59. The summed E-state index contributed by atoms with van der Waals surface area (Å²) in [5.74, 6) is 2.78. The maximum Gasteiger partial charge on any atom is 0.271 e. The van der Waals surface area contributed by atoms with Crippen molar-refractivity contribution in [3.63, 3.8) is 0 Å². The van der Waals surface area contributed by atoms with Gasteiger partial charge in [-0.2, -0.15) is 0 Å². The van der Waals surface area contributed by atoms with Gasteiger partial charge in [-0.25, -0.2) is 12.7 Å². The fourth-order valence-corrected chi connectivity index (χ4v) is 3.04. The van der Waals surface area contributed by atoms with Gasteiger partial charge in [0, 0.05) is 23.7 Å². The van der Waals surface area contributed by atoms with Gasteiger partial charge in [0.1, 0.15) is 0 Å². The molecule has 0 spiro atoms. The first-order valence-electron chi connectivity index (χ1n) is 6.90. The summed E-state index contributed by atoms with van der Waals surface area (Å²) in [6.07, 6.45) is 1.42. The molecular formula is C17H14N2O4S. The minimum absolute atomic E-state index is 0.000839. The molecule has 7 heteroatoms. The van der Waals surface area contributed by atoms with E-state index in [1.54, 1.807) is 24.3 Å². The van der Waals surface area contributed by atoms with Crippen LogP contribution in [0.2, 0.25) is 0 Å². The van der Waals surface area contributed by atoms with E-state index in [0.29, 0.717) is 5.56 Å². The van der Waals surface area contributed by atoms with E-state index >= 15 is 0 Å². The van der Waals surface area contributed by atoms with Crippen LogP contribution < -0.4 is 0 Å². The number of nitro benzene ring substituents is 1. The Morgan fingerprint density at radius 2 is 1.75 bits per heavy atom. The van der Waals surface area contributed by atoms with Gasteiger partial charge >= 0.3 is 0 Å². The monoisotopic (exact) mass is 342 g/mol. The molecule has 0 heterocycles. The summed E-state index contributed by atoms with van der Waals surface area (Å²) in [5, 5.41) is 10.7. The fraction of sp³-hybridized carbons (Fsp3) is 0.0588. The van der Waals surface area contributed by atoms with Crippen molar-refractivity contribution in [3.8, 4) is 12.0 Å². The van der Waals surface area contributed by atoms with Crippen LogP contribution >= 0.6 is 0 Å². The zero-order valence-electron chi connectivity index (χ0n) is 12.6. The Labute approximate surface area is 140 Å². The highest BCUT2D eigenvalue weighted by molar-refractivity contribution is 7.89. The van der Waals surface area contributed by atoms with Crippen LogP contribution in [-0.4, -0.2) is 24.2 Å². The van der Waals surface area contributed by atoms with E-state index in [1.807, 2.05) is 6.07 Å². The Morgan fingerprint density at radius 1 is 1.12 bits per heavy atom. The number of non-ortho nitro benzene ring substituents is 1. The lowest BCUT2D eigenvalue weighted by Crippen LogP contribution is -2.26. The van der Waals surface area contributed by atoms with Crippen LogP contribution in [0, 0.1) is 22.1 Å². The Morgan fingerprint density at radius 3 is 2.29 bits per heavy atom. The molecule has 0 aliphatic heterocycles. The van der Waals surface area contributed by atoms with Crippen molar-refractivity contribution in [1.82, 2.24) is 4.31 Å². The molecule has 2 aromatic rings. The van der Waals surface area contributed by atoms with Gasteiger partial charge in [0.25, 0.3) is 15.7 Å². The molecule has 0 atom stereocenters. The summed E-state index contributed by atoms with van der Waals surface area (Å²) < 4.78 is 26.2. The van der Waals surface area contributed by atoms with E-state index in [0.717, 1.165) is 16.4 Å². The minimum Gasteiger partial charge on any atom is -0.258 e. The Bertz CT molecular complexity index is 895. The number of nitro groups is 1. The number of hydrogen-bond acceptors (Lipinski definition) is 4. The number of nitrogens with zero attached hydrogens (tertiary/aromatic N) is 2. The molecule has 0 saturated heterocycles. The van der Waals surface area contributed by atoms with E-state index in [2.05, 4.69) is 18.5 Å². The van der Waals surface area contributed by atoms with E-state index in [1.165, 1.54) is 18.2 Å². The van der Waals surface area contributed by atoms with Crippen LogP contribution in [0.25, 0.3) is 0 Å². The first kappa shape index (κ1) is 17.2. The van der Waals surface area contributed by atoms with Crippen molar-refractivity contribution in [3.05, 3.63) is 82.9 Å². The van der Waals surface area contributed by atoms with E-state index in [-0.39, 0.29) is 17.1 Å². The van der Waals surface area contributed by atoms with Gasteiger partial charge in [-0.15, -0.1) is 6.58 Å². The summed E-state index contributed by atoms with van der Waals surface area (Å²) in [7, 11) is -3.91. The Kier molecular flexibility index (Phi) is 5.35. The summed E-state index contributed by atoms with van der Waals surface area (Å²) in [5.41, 5.74) is 0.491. The second kappa shape index (κ2) is 7.44. The third-order valence-corrected chi connectivity index (χ3v) is 4.72. The van der Waals surface area contributed by atoms with Crippen molar-refractivity contribution in [2.45, 2.75) is 4.90 Å². The molecule has 0 saturated carbocycles. The zero-order chi connectivity index (χ0) is 17.6. The molecule has 0 bridgehead atoms. The van der Waals surface area contributed by atoms with Crippen LogP contribution in [0.15, 0.2) is 72.1 Å². The van der Waals surface area contributed by atoms with Crippen LogP contribution in [-0.2, 0) is 10.0 Å². The van der Waals surface area contributed by atoms with Crippen molar-refractivity contribution >= 4 is 15.7 Å². The van der Waals surface area contributed by atoms with Crippen LogP contribution in [0.5, 0.6) is 0 Å². The third-order valence-electron chi connectivity index (χ3n) is 3.03. The van der Waals surface area contributed by atoms with Gasteiger partial charge in [0.05, 0.1) is 16.4 Å². The fourth-order valence-electron chi connectivity index (χ4n) is 1.84. The lowest BCUT2D eigenvalue weighted by atomic mass is 10.2. The third kappa shape index (κ3) is 4.00. The van der Waals surface area contributed by atoms with Crippen molar-refractivity contribution in [1.29, 1.82) is 0 Å². The SMILES string of the molecule is C=CCN(C#Cc1ccccc1)S(=O)(=O)c1ccc([N+](=O)[O-])cc1. The second-order valence-electron chi connectivity index (χ2n) is 4.68. The highest BCUT2D eigenvalue weighted by Gasteiger charge is 2.22. The number of sulfonamides is 1. The molecule has 24 heavy (non-hydrogen) atoms. The first-order chi connectivity index (χ1) is 11.4. The van der Waals surface area contributed by atoms with Gasteiger partial charge in [-0.05, 0) is 30.2 Å². The van der Waals surface area contributed by atoms with Gasteiger partial charge in [-0.3, -0.25) is 10.1 Å². The lowest BCUT2D eigenvalue weighted by Gasteiger charge is -2.15. The molecule has 0 radical (unpaired) electrons. The smallest absolute Gasteiger partial charge is 0.258 e. The molecule has 122 valence electrons. The normalized spacial score (nSPS) is 10.3. The molecular weight excluding hydrogens is 328 g/mol. The number of hydrogen-bond donors (Lipinski definition) is 0. The van der Waals surface area contributed by atoms with Crippen LogP contribution in [0.4, 0.5) is 5.69 Å². The summed E-state index contributed by atoms with van der Waals surface area (Å²) in [6, 6.07) is 16.2. The Balaban J connectivity index is 2.37. The lowest BCUT2D eigenvalue weighted by molar-refractivity contribution is -0.384. The molecule has 0 amide bonds. The number of benzene rings is 2. The van der Waals surface area contributed by atoms with Gasteiger partial charge in [0.2, 0.25) is 0 Å². The summed E-state index contributed by atoms with van der Waals surface area (Å²) in [6.45, 7) is 3.54. The molecule has 0 aliphatic rings. The molecule has 0 N–H and O–H groups in total. The predicted octanol–water partition coefficient (Wildman–Crippen LogP) is 2.78. The summed E-state index contributed by atoms with van der Waals surface area (Å²) >= 11 is 0. The van der Waals surface area contributed by atoms with Gasteiger partial charge in [0.15, 0.2) is 0 Å². The van der Waals surface area contributed by atoms with Crippen molar-refractivity contribution in [2.75, 3.05) is 6.54 Å². The van der Waals surface area contributed by atoms with Gasteiger partial charge < -0.3 is 0 Å². The average molecular weight is 342 g/mol. The van der Waals surface area contributed by atoms with E-state index in [9.17, 15) is 18.5 Å². The van der Waals surface area contributed by atoms with E-state index < -0.39 is 14.9 Å². The molecule has 0 aromatic heterocycles. The standard InChI is InChI=1S/C17H14N2O4S/c1-2-13-18(14-12-15-6-4-3-5-7-15)24(22,23)17-10-8-16(9-11-17)19(20)21/h2-11H,1,13H2. The molecule has 0 unspecified atom stereocenters. The second-order valence-corrected chi connectivity index (χ2v) is 6.54. The zero-order valence-corrected chi connectivity index (χ0v) is 13.4. The van der Waals surface area contributed by atoms with Crippen molar-refractivity contribution < 1.29 is 13.3 Å².